The van der Waals surface area contributed by atoms with Crippen molar-refractivity contribution in [3.05, 3.63) is 24.0 Å². The Bertz CT molecular complexity index is 824. The number of carbonyl (C=O) groups is 1. The third-order valence-electron chi connectivity index (χ3n) is 4.94. The summed E-state index contributed by atoms with van der Waals surface area (Å²) in [4.78, 5) is 15.4. The van der Waals surface area contributed by atoms with Crippen molar-refractivity contribution in [2.24, 2.45) is 0 Å². The first-order valence-electron chi connectivity index (χ1n) is 9.03. The van der Waals surface area contributed by atoms with E-state index in [1.165, 1.54) is 11.0 Å². The number of sulfonamides is 1. The van der Waals surface area contributed by atoms with Crippen LogP contribution in [0.25, 0.3) is 0 Å². The standard InChI is InChI=1S/C17H22FN3O5S/c18-15-9-12(1-4-16(15)20-5-7-25-8-6-20)21-11-13(26-17(21)22)10-19-27(23,24)14-2-3-14/h1,4,9,13-14,19H,2-3,5-8,10-11H2/t13-/m0/s1. The minimum atomic E-state index is -3.33. The molecule has 8 nitrogen and oxygen atoms in total. The van der Waals surface area contributed by atoms with Crippen molar-refractivity contribution >= 4 is 27.5 Å². The molecule has 1 aromatic rings. The molecule has 27 heavy (non-hydrogen) atoms. The van der Waals surface area contributed by atoms with E-state index in [0.717, 1.165) is 0 Å². The highest BCUT2D eigenvalue weighted by molar-refractivity contribution is 7.90. The lowest BCUT2D eigenvalue weighted by molar-refractivity contribution is 0.122. The van der Waals surface area contributed by atoms with Crippen LogP contribution in [0.5, 0.6) is 0 Å². The van der Waals surface area contributed by atoms with Gasteiger partial charge in [-0.2, -0.15) is 0 Å². The zero-order chi connectivity index (χ0) is 19.0. The number of ether oxygens (including phenoxy) is 2. The second-order valence-electron chi connectivity index (χ2n) is 6.94. The highest BCUT2D eigenvalue weighted by Gasteiger charge is 2.38. The third kappa shape index (κ3) is 4.02. The van der Waals surface area contributed by atoms with E-state index < -0.39 is 28.0 Å². The molecule has 1 amide bonds. The summed E-state index contributed by atoms with van der Waals surface area (Å²) in [7, 11) is -3.33. The predicted octanol–water partition coefficient (Wildman–Crippen LogP) is 1.07. The smallest absolute Gasteiger partial charge is 0.414 e. The first kappa shape index (κ1) is 18.5. The lowest BCUT2D eigenvalue weighted by Gasteiger charge is -2.29. The quantitative estimate of drug-likeness (QED) is 0.770. The highest BCUT2D eigenvalue weighted by Crippen LogP contribution is 2.29. The highest BCUT2D eigenvalue weighted by atomic mass is 32.2. The number of nitrogens with one attached hydrogen (secondary N) is 1. The van der Waals surface area contributed by atoms with Crippen molar-refractivity contribution in [1.29, 1.82) is 0 Å². The first-order chi connectivity index (χ1) is 12.9. The lowest BCUT2D eigenvalue weighted by atomic mass is 10.2. The number of cyclic esters (lactones) is 1. The van der Waals surface area contributed by atoms with Crippen LogP contribution in [0.3, 0.4) is 0 Å². The molecule has 2 heterocycles. The van der Waals surface area contributed by atoms with Gasteiger partial charge in [-0.25, -0.2) is 22.3 Å². The van der Waals surface area contributed by atoms with Crippen LogP contribution in [-0.2, 0) is 19.5 Å². The van der Waals surface area contributed by atoms with Gasteiger partial charge >= 0.3 is 6.09 Å². The van der Waals surface area contributed by atoms with Crippen molar-refractivity contribution in [2.75, 3.05) is 49.2 Å². The molecule has 1 N–H and O–H groups in total. The van der Waals surface area contributed by atoms with E-state index in [9.17, 15) is 17.6 Å². The van der Waals surface area contributed by atoms with Crippen LogP contribution in [0.1, 0.15) is 12.8 Å². The van der Waals surface area contributed by atoms with Gasteiger partial charge in [0.1, 0.15) is 11.9 Å². The summed E-state index contributed by atoms with van der Waals surface area (Å²) in [5.41, 5.74) is 0.866. The van der Waals surface area contributed by atoms with E-state index in [1.54, 1.807) is 12.1 Å². The van der Waals surface area contributed by atoms with E-state index in [2.05, 4.69) is 4.72 Å². The van der Waals surface area contributed by atoms with Gasteiger partial charge in [0.05, 0.1) is 36.4 Å². The summed E-state index contributed by atoms with van der Waals surface area (Å²) < 4.78 is 51.3. The number of hydrogen-bond donors (Lipinski definition) is 1. The van der Waals surface area contributed by atoms with Crippen molar-refractivity contribution in [1.82, 2.24) is 4.72 Å². The van der Waals surface area contributed by atoms with Crippen LogP contribution in [0.4, 0.5) is 20.6 Å². The first-order valence-corrected chi connectivity index (χ1v) is 10.6. The van der Waals surface area contributed by atoms with Gasteiger partial charge in [-0.05, 0) is 31.0 Å². The molecule has 0 bridgehead atoms. The molecule has 2 saturated heterocycles. The van der Waals surface area contributed by atoms with E-state index in [1.807, 2.05) is 4.90 Å². The van der Waals surface area contributed by atoms with Gasteiger partial charge in [-0.3, -0.25) is 4.90 Å². The average Bonchev–Trinajstić information content (AvgIpc) is 3.45. The van der Waals surface area contributed by atoms with Crippen LogP contribution in [-0.4, -0.2) is 65.3 Å². The van der Waals surface area contributed by atoms with Gasteiger partial charge < -0.3 is 14.4 Å². The van der Waals surface area contributed by atoms with E-state index in [-0.39, 0.29) is 18.3 Å². The molecule has 2 aliphatic heterocycles. The number of halogens is 1. The molecule has 0 unspecified atom stereocenters. The summed E-state index contributed by atoms with van der Waals surface area (Å²) in [6.07, 6.45) is 0.124. The van der Waals surface area contributed by atoms with Crippen molar-refractivity contribution in [3.63, 3.8) is 0 Å². The second-order valence-corrected chi connectivity index (χ2v) is 8.99. The molecule has 3 fully saturated rings. The number of hydrogen-bond acceptors (Lipinski definition) is 6. The van der Waals surface area contributed by atoms with Gasteiger partial charge in [0.15, 0.2) is 0 Å². The zero-order valence-electron chi connectivity index (χ0n) is 14.8. The minimum Gasteiger partial charge on any atom is -0.443 e. The minimum absolute atomic E-state index is 0.0232. The average molecular weight is 399 g/mol. The maximum atomic E-state index is 14.6. The fraction of sp³-hybridized carbons (Fsp3) is 0.588. The Morgan fingerprint density at radius 1 is 1.22 bits per heavy atom. The van der Waals surface area contributed by atoms with Crippen LogP contribution in [0.15, 0.2) is 18.2 Å². The molecule has 1 atom stereocenters. The molecule has 4 rings (SSSR count). The Morgan fingerprint density at radius 2 is 1.96 bits per heavy atom. The Labute approximate surface area is 157 Å². The predicted molar refractivity (Wildman–Crippen MR) is 97.0 cm³/mol. The van der Waals surface area contributed by atoms with Gasteiger partial charge in [-0.1, -0.05) is 0 Å². The molecule has 3 aliphatic rings. The summed E-state index contributed by atoms with van der Waals surface area (Å²) in [6, 6.07) is 4.63. The van der Waals surface area contributed by atoms with Gasteiger partial charge in [0, 0.05) is 19.6 Å². The molecule has 1 saturated carbocycles. The zero-order valence-corrected chi connectivity index (χ0v) is 15.6. The molecule has 148 valence electrons. The normalized spacial score (nSPS) is 23.6. The Morgan fingerprint density at radius 3 is 2.63 bits per heavy atom. The van der Waals surface area contributed by atoms with E-state index in [4.69, 9.17) is 9.47 Å². The fourth-order valence-corrected chi connectivity index (χ4v) is 4.68. The summed E-state index contributed by atoms with van der Waals surface area (Å²) in [5, 5.41) is -0.326. The van der Waals surface area contributed by atoms with Crippen LogP contribution >= 0.6 is 0 Å². The molecule has 10 heteroatoms. The number of rotatable bonds is 6. The van der Waals surface area contributed by atoms with Gasteiger partial charge in [-0.15, -0.1) is 0 Å². The Balaban J connectivity index is 1.40. The number of anilines is 2. The number of carbonyl (C=O) groups excluding carboxylic acids is 1. The topological polar surface area (TPSA) is 88.2 Å². The van der Waals surface area contributed by atoms with E-state index in [0.29, 0.717) is 50.5 Å². The van der Waals surface area contributed by atoms with Crippen molar-refractivity contribution < 1.29 is 27.1 Å². The molecule has 0 aromatic heterocycles. The number of amides is 1. The van der Waals surface area contributed by atoms with Crippen LogP contribution in [0, 0.1) is 5.82 Å². The van der Waals surface area contributed by atoms with E-state index >= 15 is 0 Å². The number of morpholine rings is 1. The monoisotopic (exact) mass is 399 g/mol. The molecular weight excluding hydrogens is 377 g/mol. The Kier molecular flexibility index (Phi) is 4.95. The Hall–Kier alpha value is -1.91. The molecular formula is C17H22FN3O5S. The number of benzene rings is 1. The molecule has 1 aromatic carbocycles. The summed E-state index contributed by atoms with van der Waals surface area (Å²) in [6.45, 7) is 2.53. The van der Waals surface area contributed by atoms with Crippen LogP contribution < -0.4 is 14.5 Å². The molecule has 1 aliphatic carbocycles. The lowest BCUT2D eigenvalue weighted by Crippen LogP contribution is -2.37. The fourth-order valence-electron chi connectivity index (χ4n) is 3.27. The van der Waals surface area contributed by atoms with Gasteiger partial charge in [0.25, 0.3) is 0 Å². The summed E-state index contributed by atoms with van der Waals surface area (Å²) >= 11 is 0. The van der Waals surface area contributed by atoms with Crippen LogP contribution in [0.2, 0.25) is 0 Å². The third-order valence-corrected chi connectivity index (χ3v) is 6.86. The second kappa shape index (κ2) is 7.25. The summed E-state index contributed by atoms with van der Waals surface area (Å²) in [5.74, 6) is -0.417. The molecule has 0 spiro atoms. The SMILES string of the molecule is O=C1O[C@@H](CNS(=O)(=O)C2CC2)CN1c1ccc(N2CCOCC2)c(F)c1. The van der Waals surface area contributed by atoms with Crippen molar-refractivity contribution in [3.8, 4) is 0 Å². The largest absolute Gasteiger partial charge is 0.443 e. The maximum absolute atomic E-state index is 14.6. The van der Waals surface area contributed by atoms with Crippen molar-refractivity contribution in [2.45, 2.75) is 24.2 Å². The maximum Gasteiger partial charge on any atom is 0.414 e. The van der Waals surface area contributed by atoms with Gasteiger partial charge in [0.2, 0.25) is 10.0 Å². The molecule has 0 radical (unpaired) electrons. The number of nitrogens with zero attached hydrogens (tertiary/aromatic N) is 2.